The Kier molecular flexibility index (Phi) is 6.00. The number of ether oxygens (including phenoxy) is 1. The van der Waals surface area contributed by atoms with E-state index in [2.05, 4.69) is 15.5 Å². The number of piperidine rings is 1. The van der Waals surface area contributed by atoms with Gasteiger partial charge in [0.05, 0.1) is 12.7 Å². The molecule has 0 spiro atoms. The zero-order valence-electron chi connectivity index (χ0n) is 14.5. The van der Waals surface area contributed by atoms with Crippen LogP contribution >= 0.6 is 0 Å². The SMILES string of the molecule is Cc1nc(CCOC2CCN(C(=O)NCc3ccccc3)CC2)no1. The molecular weight excluding hydrogens is 320 g/mol. The lowest BCUT2D eigenvalue weighted by molar-refractivity contribution is 0.0157. The summed E-state index contributed by atoms with van der Waals surface area (Å²) >= 11 is 0. The molecule has 2 heterocycles. The Morgan fingerprint density at radius 3 is 2.76 bits per heavy atom. The molecule has 0 bridgehead atoms. The van der Waals surface area contributed by atoms with Gasteiger partial charge in [0.1, 0.15) is 0 Å². The number of urea groups is 1. The molecule has 134 valence electrons. The number of carbonyl (C=O) groups is 1. The van der Waals surface area contributed by atoms with Crippen molar-refractivity contribution in [1.29, 1.82) is 0 Å². The number of hydrogen-bond donors (Lipinski definition) is 1. The first kappa shape index (κ1) is 17.4. The number of nitrogens with zero attached hydrogens (tertiary/aromatic N) is 3. The van der Waals surface area contributed by atoms with Crippen molar-refractivity contribution >= 4 is 6.03 Å². The molecule has 25 heavy (non-hydrogen) atoms. The molecule has 1 aliphatic heterocycles. The first-order chi connectivity index (χ1) is 12.2. The number of hydrogen-bond acceptors (Lipinski definition) is 5. The fourth-order valence-electron chi connectivity index (χ4n) is 2.87. The molecule has 0 unspecified atom stereocenters. The second-order valence-electron chi connectivity index (χ2n) is 6.18. The van der Waals surface area contributed by atoms with E-state index < -0.39 is 0 Å². The highest BCUT2D eigenvalue weighted by atomic mass is 16.5. The number of amides is 2. The van der Waals surface area contributed by atoms with Crippen molar-refractivity contribution in [3.05, 3.63) is 47.6 Å². The largest absolute Gasteiger partial charge is 0.378 e. The first-order valence-corrected chi connectivity index (χ1v) is 8.68. The van der Waals surface area contributed by atoms with Gasteiger partial charge >= 0.3 is 6.03 Å². The van der Waals surface area contributed by atoms with Crippen LogP contribution in [0.15, 0.2) is 34.9 Å². The lowest BCUT2D eigenvalue weighted by Gasteiger charge is -2.32. The van der Waals surface area contributed by atoms with Crippen LogP contribution < -0.4 is 5.32 Å². The summed E-state index contributed by atoms with van der Waals surface area (Å²) in [5.41, 5.74) is 1.10. The number of benzene rings is 1. The van der Waals surface area contributed by atoms with Crippen molar-refractivity contribution in [1.82, 2.24) is 20.4 Å². The van der Waals surface area contributed by atoms with E-state index in [4.69, 9.17) is 9.26 Å². The van der Waals surface area contributed by atoms with Gasteiger partial charge in [-0.15, -0.1) is 0 Å². The van der Waals surface area contributed by atoms with Crippen molar-refractivity contribution in [2.45, 2.75) is 38.8 Å². The third-order valence-electron chi connectivity index (χ3n) is 4.26. The minimum atomic E-state index is -0.00965. The van der Waals surface area contributed by atoms with E-state index in [1.807, 2.05) is 35.2 Å². The highest BCUT2D eigenvalue weighted by Crippen LogP contribution is 2.14. The topological polar surface area (TPSA) is 80.5 Å². The van der Waals surface area contributed by atoms with Gasteiger partial charge in [0.15, 0.2) is 5.82 Å². The maximum atomic E-state index is 12.2. The molecule has 3 rings (SSSR count). The molecule has 1 fully saturated rings. The number of carbonyl (C=O) groups excluding carboxylic acids is 1. The Morgan fingerprint density at radius 2 is 2.08 bits per heavy atom. The summed E-state index contributed by atoms with van der Waals surface area (Å²) in [5, 5.41) is 6.82. The molecule has 2 amide bonds. The van der Waals surface area contributed by atoms with E-state index in [0.717, 1.165) is 18.4 Å². The summed E-state index contributed by atoms with van der Waals surface area (Å²) in [4.78, 5) is 18.2. The van der Waals surface area contributed by atoms with Gasteiger partial charge in [0.2, 0.25) is 5.89 Å². The summed E-state index contributed by atoms with van der Waals surface area (Å²) in [6, 6.07) is 9.91. The van der Waals surface area contributed by atoms with Gasteiger partial charge < -0.3 is 19.5 Å². The molecule has 0 saturated carbocycles. The van der Waals surface area contributed by atoms with Gasteiger partial charge in [-0.25, -0.2) is 4.79 Å². The maximum absolute atomic E-state index is 12.2. The number of nitrogens with one attached hydrogen (secondary N) is 1. The Labute approximate surface area is 147 Å². The van der Waals surface area contributed by atoms with Crippen LogP contribution in [0, 0.1) is 6.92 Å². The third kappa shape index (κ3) is 5.29. The highest BCUT2D eigenvalue weighted by Gasteiger charge is 2.23. The summed E-state index contributed by atoms with van der Waals surface area (Å²) < 4.78 is 10.8. The van der Waals surface area contributed by atoms with Gasteiger partial charge in [0, 0.05) is 33.0 Å². The Hall–Kier alpha value is -2.41. The molecular formula is C18H24N4O3. The molecule has 7 nitrogen and oxygen atoms in total. The lowest BCUT2D eigenvalue weighted by Crippen LogP contribution is -2.45. The zero-order chi connectivity index (χ0) is 17.5. The van der Waals surface area contributed by atoms with Crippen LogP contribution in [-0.4, -0.2) is 46.9 Å². The number of aromatic nitrogens is 2. The molecule has 1 aromatic carbocycles. The van der Waals surface area contributed by atoms with Crippen molar-refractivity contribution in [2.24, 2.45) is 0 Å². The highest BCUT2D eigenvalue weighted by molar-refractivity contribution is 5.74. The first-order valence-electron chi connectivity index (χ1n) is 8.68. The minimum absolute atomic E-state index is 0.00965. The Balaban J connectivity index is 1.33. The number of likely N-dealkylation sites (tertiary alicyclic amines) is 1. The van der Waals surface area contributed by atoms with Crippen molar-refractivity contribution in [3.8, 4) is 0 Å². The van der Waals surface area contributed by atoms with Gasteiger partial charge in [-0.3, -0.25) is 0 Å². The zero-order valence-corrected chi connectivity index (χ0v) is 14.5. The summed E-state index contributed by atoms with van der Waals surface area (Å²) in [5.74, 6) is 1.25. The van der Waals surface area contributed by atoms with E-state index in [9.17, 15) is 4.79 Å². The average Bonchev–Trinajstić information content (AvgIpc) is 3.06. The van der Waals surface area contributed by atoms with Crippen molar-refractivity contribution < 1.29 is 14.1 Å². The minimum Gasteiger partial charge on any atom is -0.378 e. The number of rotatable bonds is 6. The lowest BCUT2D eigenvalue weighted by atomic mass is 10.1. The molecule has 1 aliphatic rings. The van der Waals surface area contributed by atoms with Crippen LogP contribution in [0.2, 0.25) is 0 Å². The van der Waals surface area contributed by atoms with Crippen molar-refractivity contribution in [3.63, 3.8) is 0 Å². The van der Waals surface area contributed by atoms with E-state index in [1.165, 1.54) is 0 Å². The molecule has 0 radical (unpaired) electrons. The van der Waals surface area contributed by atoms with Crippen LogP contribution in [0.5, 0.6) is 0 Å². The van der Waals surface area contributed by atoms with Gasteiger partial charge in [-0.1, -0.05) is 35.5 Å². The Bertz CT molecular complexity index is 666. The summed E-state index contributed by atoms with van der Waals surface area (Å²) in [7, 11) is 0. The second-order valence-corrected chi connectivity index (χ2v) is 6.18. The van der Waals surface area contributed by atoms with Crippen LogP contribution in [0.4, 0.5) is 4.79 Å². The number of aryl methyl sites for hydroxylation is 1. The van der Waals surface area contributed by atoms with Crippen LogP contribution in [-0.2, 0) is 17.7 Å². The Morgan fingerprint density at radius 1 is 1.32 bits per heavy atom. The molecule has 1 saturated heterocycles. The molecule has 0 aliphatic carbocycles. The molecule has 1 aromatic heterocycles. The monoisotopic (exact) mass is 344 g/mol. The van der Waals surface area contributed by atoms with E-state index in [-0.39, 0.29) is 12.1 Å². The predicted octanol–water partition coefficient (Wildman–Crippen LogP) is 2.31. The van der Waals surface area contributed by atoms with Crippen molar-refractivity contribution in [2.75, 3.05) is 19.7 Å². The van der Waals surface area contributed by atoms with Crippen LogP contribution in [0.25, 0.3) is 0 Å². The third-order valence-corrected chi connectivity index (χ3v) is 4.26. The molecule has 0 atom stereocenters. The predicted molar refractivity (Wildman–Crippen MR) is 92.0 cm³/mol. The van der Waals surface area contributed by atoms with Crippen LogP contribution in [0.3, 0.4) is 0 Å². The van der Waals surface area contributed by atoms with Gasteiger partial charge in [-0.05, 0) is 18.4 Å². The molecule has 2 aromatic rings. The van der Waals surface area contributed by atoms with Gasteiger partial charge in [0.25, 0.3) is 0 Å². The van der Waals surface area contributed by atoms with E-state index in [1.54, 1.807) is 6.92 Å². The maximum Gasteiger partial charge on any atom is 0.317 e. The summed E-state index contributed by atoms with van der Waals surface area (Å²) in [6.45, 7) is 4.33. The normalized spacial score (nSPS) is 15.3. The quantitative estimate of drug-likeness (QED) is 0.870. The van der Waals surface area contributed by atoms with E-state index in [0.29, 0.717) is 44.4 Å². The summed E-state index contributed by atoms with van der Waals surface area (Å²) in [6.07, 6.45) is 2.54. The molecule has 7 heteroatoms. The van der Waals surface area contributed by atoms with Gasteiger partial charge in [-0.2, -0.15) is 4.98 Å². The average molecular weight is 344 g/mol. The second kappa shape index (κ2) is 8.62. The molecule has 1 N–H and O–H groups in total. The van der Waals surface area contributed by atoms with E-state index >= 15 is 0 Å². The smallest absolute Gasteiger partial charge is 0.317 e. The fourth-order valence-corrected chi connectivity index (χ4v) is 2.87. The standard InChI is InChI=1S/C18H24N4O3/c1-14-20-17(21-25-14)9-12-24-16-7-10-22(11-8-16)18(23)19-13-15-5-3-2-4-6-15/h2-6,16H,7-13H2,1H3,(H,19,23). The van der Waals surface area contributed by atoms with Crippen LogP contribution in [0.1, 0.15) is 30.1 Å². The fraction of sp³-hybridized carbons (Fsp3) is 0.500.